The Balaban J connectivity index is 1.92. The van der Waals surface area contributed by atoms with Crippen LogP contribution >= 0.6 is 0 Å². The number of rotatable bonds is 1. The molecule has 1 saturated heterocycles. The number of fused-ring (bicyclic) bond motifs is 1. The van der Waals surface area contributed by atoms with Crippen LogP contribution in [0.1, 0.15) is 32.1 Å². The minimum Gasteiger partial charge on any atom is -0.340 e. The van der Waals surface area contributed by atoms with E-state index in [9.17, 15) is 9.59 Å². The van der Waals surface area contributed by atoms with Crippen molar-refractivity contribution in [2.45, 2.75) is 44.2 Å². The van der Waals surface area contributed by atoms with Crippen molar-refractivity contribution < 1.29 is 9.59 Å². The molecular weight excluding hydrogens is 192 g/mol. The monoisotopic (exact) mass is 206 g/mol. The molecule has 1 saturated carbocycles. The molecule has 80 valence electrons. The van der Waals surface area contributed by atoms with Crippen molar-refractivity contribution in [3.05, 3.63) is 11.8 Å². The summed E-state index contributed by atoms with van der Waals surface area (Å²) in [6.07, 6.45) is 7.27. The second kappa shape index (κ2) is 3.08. The lowest BCUT2D eigenvalue weighted by atomic mass is 9.90. The standard InChI is InChI=1S/C11H14N2O2/c14-10-11(15)13(7-3-1-4-7)9-6-2-5-8(9)12-10/h6-8H,1-5H2,(H,12,14). The Morgan fingerprint density at radius 3 is 2.73 bits per heavy atom. The van der Waals surface area contributed by atoms with Crippen molar-refractivity contribution in [1.29, 1.82) is 0 Å². The molecule has 4 nitrogen and oxygen atoms in total. The molecule has 1 atom stereocenters. The fraction of sp³-hybridized carbons (Fsp3) is 0.636. The van der Waals surface area contributed by atoms with Crippen molar-refractivity contribution in [3.63, 3.8) is 0 Å². The summed E-state index contributed by atoms with van der Waals surface area (Å²) in [5.41, 5.74) is 1.05. The zero-order chi connectivity index (χ0) is 10.4. The van der Waals surface area contributed by atoms with Crippen LogP contribution in [0.5, 0.6) is 0 Å². The molecule has 1 unspecified atom stereocenters. The number of hydrogen-bond acceptors (Lipinski definition) is 2. The molecule has 0 spiro atoms. The van der Waals surface area contributed by atoms with Crippen molar-refractivity contribution in [2.75, 3.05) is 0 Å². The van der Waals surface area contributed by atoms with E-state index < -0.39 is 5.91 Å². The van der Waals surface area contributed by atoms with Gasteiger partial charge in [-0.3, -0.25) is 9.59 Å². The smallest absolute Gasteiger partial charge is 0.316 e. The molecule has 0 aromatic rings. The van der Waals surface area contributed by atoms with Gasteiger partial charge in [-0.05, 0) is 32.1 Å². The summed E-state index contributed by atoms with van der Waals surface area (Å²) < 4.78 is 0. The average molecular weight is 206 g/mol. The number of amides is 2. The van der Waals surface area contributed by atoms with Gasteiger partial charge in [-0.15, -0.1) is 0 Å². The Kier molecular flexibility index (Phi) is 1.84. The van der Waals surface area contributed by atoms with Gasteiger partial charge in [0.1, 0.15) is 0 Å². The minimum absolute atomic E-state index is 0.0933. The third-order valence-electron chi connectivity index (χ3n) is 3.60. The number of piperazine rings is 1. The quantitative estimate of drug-likeness (QED) is 0.637. The number of carbonyl (C=O) groups excluding carboxylic acids is 2. The number of hydrogen-bond donors (Lipinski definition) is 1. The maximum Gasteiger partial charge on any atom is 0.316 e. The first-order valence-electron chi connectivity index (χ1n) is 5.61. The van der Waals surface area contributed by atoms with Crippen LogP contribution < -0.4 is 5.32 Å². The topological polar surface area (TPSA) is 49.4 Å². The highest BCUT2D eigenvalue weighted by Gasteiger charge is 2.42. The SMILES string of the molecule is O=C1NC2CCC=C2N(C2CCC2)C1=O. The van der Waals surface area contributed by atoms with Gasteiger partial charge >= 0.3 is 11.8 Å². The van der Waals surface area contributed by atoms with Crippen LogP contribution in [-0.2, 0) is 9.59 Å². The van der Waals surface area contributed by atoms with E-state index in [1.54, 1.807) is 4.90 Å². The largest absolute Gasteiger partial charge is 0.340 e. The summed E-state index contributed by atoms with van der Waals surface area (Å²) in [5.74, 6) is -0.782. The molecule has 3 rings (SSSR count). The molecular formula is C11H14N2O2. The first kappa shape index (κ1) is 8.95. The van der Waals surface area contributed by atoms with Crippen LogP contribution in [0, 0.1) is 0 Å². The molecule has 0 radical (unpaired) electrons. The highest BCUT2D eigenvalue weighted by molar-refractivity contribution is 6.36. The molecule has 0 aromatic carbocycles. The summed E-state index contributed by atoms with van der Waals surface area (Å²) in [6.45, 7) is 0. The highest BCUT2D eigenvalue weighted by atomic mass is 16.2. The van der Waals surface area contributed by atoms with Crippen LogP contribution in [0.3, 0.4) is 0 Å². The summed E-state index contributed by atoms with van der Waals surface area (Å²) in [7, 11) is 0. The molecule has 0 bridgehead atoms. The molecule has 3 aliphatic rings. The summed E-state index contributed by atoms with van der Waals surface area (Å²) in [6, 6.07) is 0.381. The molecule has 2 fully saturated rings. The molecule has 2 aliphatic carbocycles. The van der Waals surface area contributed by atoms with Crippen LogP contribution in [0.4, 0.5) is 0 Å². The van der Waals surface area contributed by atoms with E-state index in [1.807, 2.05) is 0 Å². The van der Waals surface area contributed by atoms with Gasteiger partial charge < -0.3 is 10.2 Å². The van der Waals surface area contributed by atoms with Crippen molar-refractivity contribution in [1.82, 2.24) is 10.2 Å². The maximum atomic E-state index is 11.8. The fourth-order valence-electron chi connectivity index (χ4n) is 2.57. The summed E-state index contributed by atoms with van der Waals surface area (Å²) in [4.78, 5) is 25.0. The minimum atomic E-state index is -0.425. The summed E-state index contributed by atoms with van der Waals surface area (Å²) >= 11 is 0. The van der Waals surface area contributed by atoms with Gasteiger partial charge in [-0.1, -0.05) is 6.08 Å². The second-order valence-electron chi connectivity index (χ2n) is 4.49. The average Bonchev–Trinajstić information content (AvgIpc) is 2.56. The zero-order valence-corrected chi connectivity index (χ0v) is 8.53. The molecule has 1 heterocycles. The third-order valence-corrected chi connectivity index (χ3v) is 3.60. The van der Waals surface area contributed by atoms with E-state index in [0.717, 1.165) is 31.4 Å². The number of allylic oxidation sites excluding steroid dienone is 1. The van der Waals surface area contributed by atoms with E-state index in [0.29, 0.717) is 0 Å². The van der Waals surface area contributed by atoms with Gasteiger partial charge in [-0.2, -0.15) is 0 Å². The van der Waals surface area contributed by atoms with E-state index in [2.05, 4.69) is 11.4 Å². The maximum absolute atomic E-state index is 11.8. The molecule has 2 amide bonds. The Hall–Kier alpha value is -1.32. The van der Waals surface area contributed by atoms with Gasteiger partial charge in [0.2, 0.25) is 0 Å². The van der Waals surface area contributed by atoms with Gasteiger partial charge in [0, 0.05) is 11.7 Å². The number of nitrogens with zero attached hydrogens (tertiary/aromatic N) is 1. The van der Waals surface area contributed by atoms with Crippen molar-refractivity contribution in [3.8, 4) is 0 Å². The van der Waals surface area contributed by atoms with E-state index in [1.165, 1.54) is 6.42 Å². The molecule has 1 N–H and O–H groups in total. The fourth-order valence-corrected chi connectivity index (χ4v) is 2.57. The highest BCUT2D eigenvalue weighted by Crippen LogP contribution is 2.34. The van der Waals surface area contributed by atoms with Crippen LogP contribution in [0.15, 0.2) is 11.8 Å². The van der Waals surface area contributed by atoms with Gasteiger partial charge in [-0.25, -0.2) is 0 Å². The lowest BCUT2D eigenvalue weighted by molar-refractivity contribution is -0.149. The van der Waals surface area contributed by atoms with E-state index in [4.69, 9.17) is 0 Å². The third kappa shape index (κ3) is 1.20. The molecule has 0 aromatic heterocycles. The Bertz CT molecular complexity index is 358. The predicted octanol–water partition coefficient (Wildman–Crippen LogP) is 0.544. The van der Waals surface area contributed by atoms with Crippen LogP contribution in [0.25, 0.3) is 0 Å². The summed E-state index contributed by atoms with van der Waals surface area (Å²) in [5, 5.41) is 2.76. The lowest BCUT2D eigenvalue weighted by Gasteiger charge is -2.42. The number of nitrogens with one attached hydrogen (secondary N) is 1. The molecule has 1 aliphatic heterocycles. The molecule has 15 heavy (non-hydrogen) atoms. The zero-order valence-electron chi connectivity index (χ0n) is 8.53. The second-order valence-corrected chi connectivity index (χ2v) is 4.49. The Labute approximate surface area is 88.3 Å². The van der Waals surface area contributed by atoms with E-state index >= 15 is 0 Å². The van der Waals surface area contributed by atoms with Gasteiger partial charge in [0.15, 0.2) is 0 Å². The first-order chi connectivity index (χ1) is 7.27. The first-order valence-corrected chi connectivity index (χ1v) is 5.61. The Morgan fingerprint density at radius 1 is 1.27 bits per heavy atom. The van der Waals surface area contributed by atoms with Crippen molar-refractivity contribution >= 4 is 11.8 Å². The predicted molar refractivity (Wildman–Crippen MR) is 53.7 cm³/mol. The van der Waals surface area contributed by atoms with E-state index in [-0.39, 0.29) is 18.0 Å². The van der Waals surface area contributed by atoms with Crippen LogP contribution in [-0.4, -0.2) is 28.8 Å². The van der Waals surface area contributed by atoms with Crippen molar-refractivity contribution in [2.24, 2.45) is 0 Å². The van der Waals surface area contributed by atoms with Crippen LogP contribution in [0.2, 0.25) is 0 Å². The number of carbonyl (C=O) groups is 2. The Morgan fingerprint density at radius 2 is 2.07 bits per heavy atom. The normalized spacial score (nSPS) is 30.8. The lowest BCUT2D eigenvalue weighted by Crippen LogP contribution is -2.59. The van der Waals surface area contributed by atoms with Gasteiger partial charge in [0.25, 0.3) is 0 Å². The van der Waals surface area contributed by atoms with Gasteiger partial charge in [0.05, 0.1) is 6.04 Å². The molecule has 4 heteroatoms.